The topological polar surface area (TPSA) is 102 Å². The lowest BCUT2D eigenvalue weighted by Crippen LogP contribution is -2.50. The van der Waals surface area contributed by atoms with Crippen LogP contribution in [-0.4, -0.2) is 37.9 Å². The van der Waals surface area contributed by atoms with Crippen molar-refractivity contribution in [1.29, 1.82) is 0 Å². The molecule has 7 nitrogen and oxygen atoms in total. The zero-order valence-electron chi connectivity index (χ0n) is 13.1. The summed E-state index contributed by atoms with van der Waals surface area (Å²) in [6, 6.07) is 1.45. The van der Waals surface area contributed by atoms with E-state index in [4.69, 9.17) is 5.73 Å². The largest absolute Gasteiger partial charge is 0.365 e. The van der Waals surface area contributed by atoms with Crippen molar-refractivity contribution < 1.29 is 18.4 Å². The van der Waals surface area contributed by atoms with Crippen LogP contribution in [0, 0.1) is 0 Å². The van der Waals surface area contributed by atoms with Crippen molar-refractivity contribution in [2.45, 2.75) is 44.1 Å². The number of fused-ring (bicyclic) bond motifs is 1. The van der Waals surface area contributed by atoms with Gasteiger partial charge in [-0.25, -0.2) is 18.3 Å². The summed E-state index contributed by atoms with van der Waals surface area (Å²) >= 11 is 0. The molecule has 0 aromatic carbocycles. The Morgan fingerprint density at radius 1 is 1.29 bits per heavy atom. The highest BCUT2D eigenvalue weighted by molar-refractivity contribution is 6.00. The van der Waals surface area contributed by atoms with Gasteiger partial charge in [-0.1, -0.05) is 0 Å². The number of alkyl halides is 2. The number of carbonyl (C=O) groups is 2. The molecule has 2 aromatic rings. The van der Waals surface area contributed by atoms with Gasteiger partial charge >= 0.3 is 0 Å². The summed E-state index contributed by atoms with van der Waals surface area (Å²) in [7, 11) is 0. The second kappa shape index (κ2) is 5.50. The molecule has 24 heavy (non-hydrogen) atoms. The lowest BCUT2D eigenvalue weighted by atomic mass is 9.81. The lowest BCUT2D eigenvalue weighted by Gasteiger charge is -2.37. The Morgan fingerprint density at radius 3 is 2.58 bits per heavy atom. The summed E-state index contributed by atoms with van der Waals surface area (Å²) < 4.78 is 27.9. The van der Waals surface area contributed by atoms with Gasteiger partial charge in [-0.2, -0.15) is 5.10 Å². The van der Waals surface area contributed by atoms with E-state index in [0.29, 0.717) is 0 Å². The van der Waals surface area contributed by atoms with Gasteiger partial charge in [0.25, 0.3) is 11.8 Å². The molecule has 1 fully saturated rings. The van der Waals surface area contributed by atoms with Crippen molar-refractivity contribution in [3.8, 4) is 0 Å². The van der Waals surface area contributed by atoms with Gasteiger partial charge in [0.2, 0.25) is 5.92 Å². The average Bonchev–Trinajstić information content (AvgIpc) is 2.95. The molecular formula is C15H17F2N5O2. The van der Waals surface area contributed by atoms with Crippen molar-refractivity contribution in [3.05, 3.63) is 29.7 Å². The summed E-state index contributed by atoms with van der Waals surface area (Å²) in [6.07, 6.45) is 2.46. The number of hydrogen-bond acceptors (Lipinski definition) is 4. The van der Waals surface area contributed by atoms with Crippen LogP contribution in [-0.2, 0) is 0 Å². The molecule has 1 aliphatic carbocycles. The molecule has 0 aliphatic heterocycles. The van der Waals surface area contributed by atoms with Gasteiger partial charge in [0, 0.05) is 24.6 Å². The Labute approximate surface area is 136 Å². The molecule has 1 saturated carbocycles. The SMILES string of the molecule is CC1(NC(=O)c2ccnc3c(C(N)=O)cnn23)CCC(F)(F)CC1. The van der Waals surface area contributed by atoms with Crippen LogP contribution in [0.5, 0.6) is 0 Å². The summed E-state index contributed by atoms with van der Waals surface area (Å²) in [5.74, 6) is -3.84. The number of carbonyl (C=O) groups excluding carboxylic acids is 2. The average molecular weight is 337 g/mol. The molecule has 0 spiro atoms. The molecule has 3 N–H and O–H groups in total. The minimum atomic E-state index is -2.67. The van der Waals surface area contributed by atoms with Gasteiger partial charge in [-0.05, 0) is 25.8 Å². The zero-order valence-corrected chi connectivity index (χ0v) is 13.1. The number of nitrogens with zero attached hydrogens (tertiary/aromatic N) is 3. The first-order chi connectivity index (χ1) is 11.2. The van der Waals surface area contributed by atoms with Crippen molar-refractivity contribution in [3.63, 3.8) is 0 Å². The summed E-state index contributed by atoms with van der Waals surface area (Å²) in [5.41, 5.74) is 4.97. The van der Waals surface area contributed by atoms with Gasteiger partial charge in [0.05, 0.1) is 6.20 Å². The van der Waals surface area contributed by atoms with Crippen LogP contribution >= 0.6 is 0 Å². The van der Waals surface area contributed by atoms with E-state index in [1.165, 1.54) is 23.0 Å². The number of nitrogens with one attached hydrogen (secondary N) is 1. The maximum atomic E-state index is 13.3. The fourth-order valence-corrected chi connectivity index (χ4v) is 2.87. The molecule has 0 radical (unpaired) electrons. The normalized spacial score (nSPS) is 19.1. The van der Waals surface area contributed by atoms with Crippen molar-refractivity contribution in [2.75, 3.05) is 0 Å². The van der Waals surface area contributed by atoms with Crippen LogP contribution in [0.3, 0.4) is 0 Å². The molecule has 1 aliphatic rings. The minimum absolute atomic E-state index is 0.105. The van der Waals surface area contributed by atoms with E-state index in [0.717, 1.165) is 0 Å². The lowest BCUT2D eigenvalue weighted by molar-refractivity contribution is -0.0522. The quantitative estimate of drug-likeness (QED) is 0.886. The molecule has 9 heteroatoms. The molecule has 0 atom stereocenters. The predicted molar refractivity (Wildman–Crippen MR) is 80.8 cm³/mol. The zero-order chi connectivity index (χ0) is 17.5. The van der Waals surface area contributed by atoms with Gasteiger partial charge in [-0.15, -0.1) is 0 Å². The summed E-state index contributed by atoms with van der Waals surface area (Å²) in [4.78, 5) is 27.9. The Hall–Kier alpha value is -2.58. The van der Waals surface area contributed by atoms with E-state index in [2.05, 4.69) is 15.4 Å². The highest BCUT2D eigenvalue weighted by Crippen LogP contribution is 2.38. The van der Waals surface area contributed by atoms with E-state index in [-0.39, 0.29) is 42.6 Å². The standard InChI is InChI=1S/C15H17F2N5O2/c1-14(3-5-15(16,17)6-4-14)21-13(24)10-2-7-19-12-9(11(18)23)8-20-22(10)12/h2,7-8H,3-6H2,1H3,(H2,18,23)(H,21,24). The molecular weight excluding hydrogens is 320 g/mol. The molecule has 3 rings (SSSR count). The first kappa shape index (κ1) is 16.3. The number of halogens is 2. The summed E-state index contributed by atoms with van der Waals surface area (Å²) in [5, 5.41) is 6.78. The first-order valence-corrected chi connectivity index (χ1v) is 7.54. The maximum absolute atomic E-state index is 13.3. The Kier molecular flexibility index (Phi) is 3.73. The Balaban J connectivity index is 1.86. The number of primary amides is 1. The predicted octanol–water partition coefficient (Wildman–Crippen LogP) is 1.53. The third-order valence-corrected chi connectivity index (χ3v) is 4.40. The molecule has 0 unspecified atom stereocenters. The fraction of sp³-hybridized carbons (Fsp3) is 0.467. The Bertz CT molecular complexity index is 807. The van der Waals surface area contributed by atoms with Crippen LogP contribution in [0.25, 0.3) is 5.65 Å². The maximum Gasteiger partial charge on any atom is 0.270 e. The fourth-order valence-electron chi connectivity index (χ4n) is 2.87. The van der Waals surface area contributed by atoms with Crippen LogP contribution in [0.1, 0.15) is 53.5 Å². The van der Waals surface area contributed by atoms with E-state index in [9.17, 15) is 18.4 Å². The smallest absolute Gasteiger partial charge is 0.270 e. The Morgan fingerprint density at radius 2 is 1.96 bits per heavy atom. The van der Waals surface area contributed by atoms with Crippen LogP contribution in [0.2, 0.25) is 0 Å². The molecule has 0 bridgehead atoms. The van der Waals surface area contributed by atoms with Crippen LogP contribution in [0.4, 0.5) is 8.78 Å². The van der Waals surface area contributed by atoms with Gasteiger partial charge < -0.3 is 11.1 Å². The molecule has 2 aromatic heterocycles. The summed E-state index contributed by atoms with van der Waals surface area (Å²) in [6.45, 7) is 1.75. The third kappa shape index (κ3) is 2.93. The van der Waals surface area contributed by atoms with E-state index in [1.54, 1.807) is 6.92 Å². The molecule has 2 heterocycles. The monoisotopic (exact) mass is 337 g/mol. The van der Waals surface area contributed by atoms with Crippen molar-refractivity contribution in [2.24, 2.45) is 5.73 Å². The highest BCUT2D eigenvalue weighted by Gasteiger charge is 2.41. The van der Waals surface area contributed by atoms with Crippen LogP contribution in [0.15, 0.2) is 18.5 Å². The first-order valence-electron chi connectivity index (χ1n) is 7.54. The van der Waals surface area contributed by atoms with Crippen molar-refractivity contribution >= 4 is 17.5 Å². The number of rotatable bonds is 3. The van der Waals surface area contributed by atoms with Gasteiger partial charge in [-0.3, -0.25) is 9.59 Å². The number of nitrogens with two attached hydrogens (primary N) is 1. The second-order valence-corrected chi connectivity index (χ2v) is 6.36. The number of hydrogen-bond donors (Lipinski definition) is 2. The number of aromatic nitrogens is 3. The highest BCUT2D eigenvalue weighted by atomic mass is 19.3. The van der Waals surface area contributed by atoms with Gasteiger partial charge in [0.15, 0.2) is 5.65 Å². The molecule has 2 amide bonds. The number of amides is 2. The van der Waals surface area contributed by atoms with Crippen LogP contribution < -0.4 is 11.1 Å². The van der Waals surface area contributed by atoms with E-state index >= 15 is 0 Å². The van der Waals surface area contributed by atoms with Crippen molar-refractivity contribution in [1.82, 2.24) is 19.9 Å². The molecule has 128 valence electrons. The van der Waals surface area contributed by atoms with E-state index in [1.807, 2.05) is 0 Å². The third-order valence-electron chi connectivity index (χ3n) is 4.40. The second-order valence-electron chi connectivity index (χ2n) is 6.36. The minimum Gasteiger partial charge on any atom is -0.365 e. The van der Waals surface area contributed by atoms with Gasteiger partial charge in [0.1, 0.15) is 11.3 Å². The van der Waals surface area contributed by atoms with E-state index < -0.39 is 23.3 Å². The molecule has 0 saturated heterocycles.